The highest BCUT2D eigenvalue weighted by molar-refractivity contribution is 6.41. The van der Waals surface area contributed by atoms with Crippen LogP contribution in [0.1, 0.15) is 17.3 Å². The molecule has 2 rings (SSSR count). The Bertz CT molecular complexity index is 904. The fraction of sp³-hybridized carbons (Fsp3) is 0.235. The smallest absolute Gasteiger partial charge is 0.351 e. The lowest BCUT2D eigenvalue weighted by molar-refractivity contribution is -0.137. The van der Waals surface area contributed by atoms with Crippen molar-refractivity contribution in [3.8, 4) is 0 Å². The fourth-order valence-electron chi connectivity index (χ4n) is 2.32. The molecule has 0 amide bonds. The molecule has 5 nitrogen and oxygen atoms in total. The largest absolute Gasteiger partial charge is 0.462 e. The van der Waals surface area contributed by atoms with E-state index in [4.69, 9.17) is 23.2 Å². The lowest BCUT2D eigenvalue weighted by Gasteiger charge is -2.31. The standard InChI is InChI=1S/C17H12Cl2F4N2O3/c1-2-28-16(27)10(18)7-24-13-11(21)4-9(20)5-17(13,23)14(26)8-3-12(22)15(19)25-6-8/h3-7,13,24H,2H2,1H3. The maximum atomic E-state index is 15.5. The first-order valence-electron chi connectivity index (χ1n) is 7.69. The summed E-state index contributed by atoms with van der Waals surface area (Å²) in [6, 6.07) is -1.51. The molecule has 0 radical (unpaired) electrons. The minimum atomic E-state index is -3.33. The number of esters is 1. The average Bonchev–Trinajstić information content (AvgIpc) is 2.62. The Kier molecular flexibility index (Phi) is 6.84. The molecule has 1 aliphatic carbocycles. The van der Waals surface area contributed by atoms with Crippen LogP contribution in [0.2, 0.25) is 5.15 Å². The van der Waals surface area contributed by atoms with Crippen LogP contribution in [0.4, 0.5) is 17.6 Å². The second-order valence-corrected chi connectivity index (χ2v) is 6.23. The Hall–Kier alpha value is -2.39. The number of carbonyl (C=O) groups is 2. The number of allylic oxidation sites excluding steroid dienone is 2. The number of rotatable bonds is 6. The van der Waals surface area contributed by atoms with Crippen molar-refractivity contribution in [3.05, 3.63) is 63.8 Å². The number of nitrogens with one attached hydrogen (secondary N) is 1. The first-order valence-corrected chi connectivity index (χ1v) is 8.44. The maximum Gasteiger partial charge on any atom is 0.351 e. The SMILES string of the molecule is CCOC(=O)C(Cl)=CNC1C(F)=CC(F)=CC1(F)C(=O)c1cnc(Cl)c(F)c1. The van der Waals surface area contributed by atoms with E-state index in [1.165, 1.54) is 6.92 Å². The van der Waals surface area contributed by atoms with Gasteiger partial charge >= 0.3 is 5.97 Å². The third-order valence-corrected chi connectivity index (χ3v) is 4.11. The summed E-state index contributed by atoms with van der Waals surface area (Å²) in [4.78, 5) is 27.4. The van der Waals surface area contributed by atoms with Gasteiger partial charge in [0.05, 0.1) is 6.61 Å². The van der Waals surface area contributed by atoms with Crippen LogP contribution >= 0.6 is 23.2 Å². The summed E-state index contributed by atoms with van der Waals surface area (Å²) in [5.41, 5.74) is -3.94. The summed E-state index contributed by atoms with van der Waals surface area (Å²) in [5.74, 6) is -6.37. The van der Waals surface area contributed by atoms with Crippen LogP contribution in [-0.2, 0) is 9.53 Å². The molecule has 28 heavy (non-hydrogen) atoms. The lowest BCUT2D eigenvalue weighted by Crippen LogP contribution is -2.52. The number of carbonyl (C=O) groups excluding carboxylic acids is 2. The van der Waals surface area contributed by atoms with Gasteiger partial charge in [0.1, 0.15) is 22.7 Å². The van der Waals surface area contributed by atoms with Gasteiger partial charge in [-0.05, 0) is 19.1 Å². The number of ether oxygens (including phenoxy) is 1. The third-order valence-electron chi connectivity index (χ3n) is 3.57. The normalized spacial score (nSPS) is 22.2. The zero-order chi connectivity index (χ0) is 21.1. The predicted molar refractivity (Wildman–Crippen MR) is 93.2 cm³/mol. The van der Waals surface area contributed by atoms with Crippen molar-refractivity contribution in [2.75, 3.05) is 6.61 Å². The van der Waals surface area contributed by atoms with Crippen molar-refractivity contribution in [1.82, 2.24) is 10.3 Å². The van der Waals surface area contributed by atoms with E-state index in [2.05, 4.69) is 15.0 Å². The van der Waals surface area contributed by atoms with Crippen LogP contribution in [0, 0.1) is 5.82 Å². The van der Waals surface area contributed by atoms with Gasteiger partial charge in [-0.2, -0.15) is 0 Å². The fourth-order valence-corrected chi connectivity index (χ4v) is 2.54. The average molecular weight is 439 g/mol. The van der Waals surface area contributed by atoms with E-state index in [1.54, 1.807) is 0 Å². The summed E-state index contributed by atoms with van der Waals surface area (Å²) < 4.78 is 61.5. The Morgan fingerprint density at radius 1 is 1.39 bits per heavy atom. The summed E-state index contributed by atoms with van der Waals surface area (Å²) in [5, 5.41) is 0.972. The maximum absolute atomic E-state index is 15.5. The molecule has 0 fully saturated rings. The quantitative estimate of drug-likeness (QED) is 0.238. The molecule has 0 saturated heterocycles. The topological polar surface area (TPSA) is 68.3 Å². The zero-order valence-electron chi connectivity index (χ0n) is 14.1. The molecule has 0 saturated carbocycles. The molecule has 0 aromatic carbocycles. The van der Waals surface area contributed by atoms with Crippen LogP contribution in [0.5, 0.6) is 0 Å². The predicted octanol–water partition coefficient (Wildman–Crippen LogP) is 4.09. The number of hydrogen-bond donors (Lipinski definition) is 1. The Morgan fingerprint density at radius 2 is 2.07 bits per heavy atom. The second kappa shape index (κ2) is 8.74. The first-order chi connectivity index (χ1) is 13.1. The van der Waals surface area contributed by atoms with Crippen LogP contribution in [0.15, 0.2) is 47.3 Å². The molecule has 0 spiro atoms. The Morgan fingerprint density at radius 3 is 2.68 bits per heavy atom. The van der Waals surface area contributed by atoms with E-state index in [0.717, 1.165) is 6.20 Å². The summed E-state index contributed by atoms with van der Waals surface area (Å²) in [6.45, 7) is 1.51. The van der Waals surface area contributed by atoms with Crippen molar-refractivity contribution < 1.29 is 31.9 Å². The molecular weight excluding hydrogens is 427 g/mol. The monoisotopic (exact) mass is 438 g/mol. The van der Waals surface area contributed by atoms with Crippen molar-refractivity contribution in [2.45, 2.75) is 18.6 Å². The molecule has 2 unspecified atom stereocenters. The molecule has 1 heterocycles. The number of ketones is 1. The van der Waals surface area contributed by atoms with Crippen LogP contribution in [0.3, 0.4) is 0 Å². The van der Waals surface area contributed by atoms with Crippen molar-refractivity contribution in [3.63, 3.8) is 0 Å². The molecule has 0 bridgehead atoms. The molecule has 150 valence electrons. The minimum absolute atomic E-state index is 0.00476. The van der Waals surface area contributed by atoms with E-state index >= 15 is 4.39 Å². The molecule has 0 aliphatic heterocycles. The summed E-state index contributed by atoms with van der Waals surface area (Å²) >= 11 is 11.1. The highest BCUT2D eigenvalue weighted by Crippen LogP contribution is 2.35. The summed E-state index contributed by atoms with van der Waals surface area (Å²) in [6.07, 6.45) is 2.02. The number of halogens is 6. The number of pyridine rings is 1. The van der Waals surface area contributed by atoms with Gasteiger partial charge in [0.15, 0.2) is 11.0 Å². The van der Waals surface area contributed by atoms with E-state index < -0.39 is 56.7 Å². The number of hydrogen-bond acceptors (Lipinski definition) is 5. The van der Waals surface area contributed by atoms with Gasteiger partial charge in [-0.15, -0.1) is 0 Å². The number of Topliss-reactive ketones (excluding diaryl/α,β-unsaturated/α-hetero) is 1. The van der Waals surface area contributed by atoms with Gasteiger partial charge < -0.3 is 10.1 Å². The van der Waals surface area contributed by atoms with Gasteiger partial charge in [0.2, 0.25) is 11.5 Å². The van der Waals surface area contributed by atoms with E-state index in [0.29, 0.717) is 18.3 Å². The number of nitrogens with zero attached hydrogens (tertiary/aromatic N) is 1. The van der Waals surface area contributed by atoms with Crippen LogP contribution in [-0.4, -0.2) is 35.1 Å². The van der Waals surface area contributed by atoms with Gasteiger partial charge in [0.25, 0.3) is 0 Å². The second-order valence-electron chi connectivity index (χ2n) is 5.46. The van der Waals surface area contributed by atoms with Crippen LogP contribution in [0.25, 0.3) is 0 Å². The zero-order valence-corrected chi connectivity index (χ0v) is 15.6. The molecule has 1 aliphatic rings. The molecular formula is C17H12Cl2F4N2O3. The van der Waals surface area contributed by atoms with E-state index in [9.17, 15) is 22.8 Å². The number of alkyl halides is 1. The lowest BCUT2D eigenvalue weighted by atomic mass is 9.84. The number of aromatic nitrogens is 1. The van der Waals surface area contributed by atoms with Gasteiger partial charge in [-0.3, -0.25) is 4.79 Å². The van der Waals surface area contributed by atoms with E-state index in [-0.39, 0.29) is 12.7 Å². The van der Waals surface area contributed by atoms with Crippen molar-refractivity contribution >= 4 is 35.0 Å². The van der Waals surface area contributed by atoms with Crippen LogP contribution < -0.4 is 5.32 Å². The third kappa shape index (κ3) is 4.53. The molecule has 1 aromatic rings. The van der Waals surface area contributed by atoms with Gasteiger partial charge in [0, 0.05) is 24.0 Å². The van der Waals surface area contributed by atoms with E-state index in [1.807, 2.05) is 0 Å². The molecule has 1 aromatic heterocycles. The highest BCUT2D eigenvalue weighted by atomic mass is 35.5. The first kappa shape index (κ1) is 21.9. The molecule has 11 heteroatoms. The summed E-state index contributed by atoms with van der Waals surface area (Å²) in [7, 11) is 0. The van der Waals surface area contributed by atoms with Gasteiger partial charge in [-0.1, -0.05) is 23.2 Å². The Labute approximate surface area is 166 Å². The van der Waals surface area contributed by atoms with Gasteiger partial charge in [-0.25, -0.2) is 27.3 Å². The molecule has 2 atom stereocenters. The highest BCUT2D eigenvalue weighted by Gasteiger charge is 2.50. The molecule has 1 N–H and O–H groups in total. The van der Waals surface area contributed by atoms with Crippen molar-refractivity contribution in [1.29, 1.82) is 0 Å². The van der Waals surface area contributed by atoms with Crippen molar-refractivity contribution in [2.24, 2.45) is 0 Å². The minimum Gasteiger partial charge on any atom is -0.462 e. The Balaban J connectivity index is 2.40.